The highest BCUT2D eigenvalue weighted by Crippen LogP contribution is 2.30. The largest absolute Gasteiger partial charge is 0.288 e. The molecule has 2 aromatic rings. The van der Waals surface area contributed by atoms with Gasteiger partial charge in [-0.25, -0.2) is 0 Å². The molecule has 0 bridgehead atoms. The summed E-state index contributed by atoms with van der Waals surface area (Å²) in [6.45, 7) is 5.41. The second-order valence-corrected chi connectivity index (χ2v) is 5.79. The Kier molecular flexibility index (Phi) is 8.55. The number of hydrogen-bond acceptors (Lipinski definition) is 1. The molecule has 1 nitrogen and oxygen atoms in total. The average Bonchev–Trinajstić information content (AvgIpc) is 2.55. The van der Waals surface area contributed by atoms with Crippen molar-refractivity contribution in [3.8, 4) is 0 Å². The molecule has 0 saturated carbocycles. The molecule has 0 aliphatic rings. The van der Waals surface area contributed by atoms with Crippen molar-refractivity contribution in [2.45, 2.75) is 32.4 Å². The Morgan fingerprint density at radius 2 is 1.36 bits per heavy atom. The van der Waals surface area contributed by atoms with Gasteiger partial charge in [0.2, 0.25) is 0 Å². The van der Waals surface area contributed by atoms with E-state index in [-0.39, 0.29) is 18.4 Å². The van der Waals surface area contributed by atoms with Gasteiger partial charge in [-0.1, -0.05) is 67.6 Å². The van der Waals surface area contributed by atoms with Gasteiger partial charge < -0.3 is 0 Å². The lowest BCUT2D eigenvalue weighted by Gasteiger charge is -2.36. The molecule has 0 aliphatic heterocycles. The molecule has 22 heavy (non-hydrogen) atoms. The first kappa shape index (κ1) is 19.0. The van der Waals surface area contributed by atoms with E-state index in [1.54, 1.807) is 0 Å². The monoisotopic (exact) mass is 337 g/mol. The minimum atomic E-state index is 0. The summed E-state index contributed by atoms with van der Waals surface area (Å²) in [5, 5.41) is 0. The Bertz CT molecular complexity index is 476. The zero-order valence-electron chi connectivity index (χ0n) is 13.3. The van der Waals surface area contributed by atoms with Crippen LogP contribution in [0.15, 0.2) is 60.7 Å². The van der Waals surface area contributed by atoms with E-state index in [4.69, 9.17) is 11.6 Å². The Labute approximate surface area is 145 Å². The third-order valence-electron chi connectivity index (χ3n) is 4.06. The van der Waals surface area contributed by atoms with Crippen LogP contribution in [0.2, 0.25) is 0 Å². The summed E-state index contributed by atoms with van der Waals surface area (Å²) in [6.07, 6.45) is 1.12. The van der Waals surface area contributed by atoms with E-state index in [1.165, 1.54) is 11.1 Å². The standard InChI is InChI=1S/C19H24ClN.ClH/c1-3-16(2)21(15-14-20)19(17-10-6-4-7-11-17)18-12-8-5-9-13-18;/h4-13,16,19H,3,14-15H2,1-2H3;1H. The molecule has 0 saturated heterocycles. The number of hydrogen-bond donors (Lipinski definition) is 0. The van der Waals surface area contributed by atoms with E-state index in [0.29, 0.717) is 11.9 Å². The zero-order chi connectivity index (χ0) is 15.1. The van der Waals surface area contributed by atoms with E-state index in [9.17, 15) is 0 Å². The lowest BCUT2D eigenvalue weighted by atomic mass is 9.95. The minimum absolute atomic E-state index is 0. The summed E-state index contributed by atoms with van der Waals surface area (Å²) in [5.74, 6) is 0.653. The third kappa shape index (κ3) is 4.74. The van der Waals surface area contributed by atoms with Gasteiger partial charge in [0, 0.05) is 18.5 Å². The van der Waals surface area contributed by atoms with Crippen molar-refractivity contribution in [2.75, 3.05) is 12.4 Å². The molecule has 0 radical (unpaired) electrons. The summed E-state index contributed by atoms with van der Waals surface area (Å²) >= 11 is 6.07. The first-order chi connectivity index (χ1) is 10.3. The Morgan fingerprint density at radius 1 is 0.909 bits per heavy atom. The molecule has 0 heterocycles. The second-order valence-electron chi connectivity index (χ2n) is 5.41. The van der Waals surface area contributed by atoms with E-state index in [1.807, 2.05) is 0 Å². The molecule has 0 spiro atoms. The van der Waals surface area contributed by atoms with Gasteiger partial charge >= 0.3 is 0 Å². The quantitative estimate of drug-likeness (QED) is 0.599. The third-order valence-corrected chi connectivity index (χ3v) is 4.23. The van der Waals surface area contributed by atoms with Crippen LogP contribution in [0, 0.1) is 0 Å². The second kappa shape index (κ2) is 9.89. The van der Waals surface area contributed by atoms with Crippen molar-refractivity contribution in [1.29, 1.82) is 0 Å². The molecular formula is C19H25Cl2N. The van der Waals surface area contributed by atoms with Crippen LogP contribution < -0.4 is 0 Å². The van der Waals surface area contributed by atoms with Crippen molar-refractivity contribution in [3.05, 3.63) is 71.8 Å². The normalized spacial score (nSPS) is 12.2. The Balaban J connectivity index is 0.00000242. The number of rotatable bonds is 7. The van der Waals surface area contributed by atoms with Crippen LogP contribution >= 0.6 is 24.0 Å². The van der Waals surface area contributed by atoms with Crippen molar-refractivity contribution in [1.82, 2.24) is 4.90 Å². The van der Waals surface area contributed by atoms with Crippen molar-refractivity contribution < 1.29 is 0 Å². The molecule has 2 rings (SSSR count). The van der Waals surface area contributed by atoms with Gasteiger partial charge in [-0.3, -0.25) is 4.90 Å². The summed E-state index contributed by atoms with van der Waals surface area (Å²) in [4.78, 5) is 2.51. The summed E-state index contributed by atoms with van der Waals surface area (Å²) in [5.41, 5.74) is 2.66. The molecule has 120 valence electrons. The van der Waals surface area contributed by atoms with Gasteiger partial charge in [-0.05, 0) is 24.5 Å². The molecule has 0 aliphatic carbocycles. The fourth-order valence-electron chi connectivity index (χ4n) is 2.78. The molecule has 2 aromatic carbocycles. The van der Waals surface area contributed by atoms with Gasteiger partial charge in [-0.15, -0.1) is 24.0 Å². The molecule has 1 unspecified atom stereocenters. The number of benzene rings is 2. The van der Waals surface area contributed by atoms with Crippen LogP contribution in [0.4, 0.5) is 0 Å². The Hall–Kier alpha value is -1.02. The highest BCUT2D eigenvalue weighted by molar-refractivity contribution is 6.18. The lowest BCUT2D eigenvalue weighted by molar-refractivity contribution is 0.173. The van der Waals surface area contributed by atoms with Crippen LogP contribution in [0.3, 0.4) is 0 Å². The average molecular weight is 338 g/mol. The fourth-order valence-corrected chi connectivity index (χ4v) is 2.98. The highest BCUT2D eigenvalue weighted by atomic mass is 35.5. The topological polar surface area (TPSA) is 3.24 Å². The van der Waals surface area contributed by atoms with E-state index < -0.39 is 0 Å². The maximum absolute atomic E-state index is 6.07. The molecule has 0 N–H and O–H groups in total. The van der Waals surface area contributed by atoms with E-state index in [2.05, 4.69) is 79.4 Å². The maximum Gasteiger partial charge on any atom is 0.0604 e. The van der Waals surface area contributed by atoms with Crippen LogP contribution in [-0.4, -0.2) is 23.4 Å². The highest BCUT2D eigenvalue weighted by Gasteiger charge is 2.25. The molecule has 3 heteroatoms. The van der Waals surface area contributed by atoms with Crippen LogP contribution in [0.5, 0.6) is 0 Å². The van der Waals surface area contributed by atoms with Crippen LogP contribution in [0.25, 0.3) is 0 Å². The van der Waals surface area contributed by atoms with E-state index >= 15 is 0 Å². The van der Waals surface area contributed by atoms with Gasteiger partial charge in [0.05, 0.1) is 6.04 Å². The lowest BCUT2D eigenvalue weighted by Crippen LogP contribution is -2.38. The van der Waals surface area contributed by atoms with E-state index in [0.717, 1.165) is 13.0 Å². The molecule has 0 fully saturated rings. The number of alkyl halides is 1. The maximum atomic E-state index is 6.07. The van der Waals surface area contributed by atoms with Crippen LogP contribution in [0.1, 0.15) is 37.4 Å². The fraction of sp³-hybridized carbons (Fsp3) is 0.368. The summed E-state index contributed by atoms with van der Waals surface area (Å²) < 4.78 is 0. The first-order valence-electron chi connectivity index (χ1n) is 7.69. The smallest absolute Gasteiger partial charge is 0.0604 e. The van der Waals surface area contributed by atoms with Gasteiger partial charge in [0.25, 0.3) is 0 Å². The van der Waals surface area contributed by atoms with Crippen molar-refractivity contribution in [2.24, 2.45) is 0 Å². The Morgan fingerprint density at radius 3 is 1.73 bits per heavy atom. The predicted octanol–water partition coefficient (Wildman–Crippen LogP) is 5.54. The van der Waals surface area contributed by atoms with Gasteiger partial charge in [0.15, 0.2) is 0 Å². The summed E-state index contributed by atoms with van der Waals surface area (Å²) in [6, 6.07) is 22.2. The van der Waals surface area contributed by atoms with Crippen LogP contribution in [-0.2, 0) is 0 Å². The van der Waals surface area contributed by atoms with Gasteiger partial charge in [0.1, 0.15) is 0 Å². The molecule has 0 amide bonds. The van der Waals surface area contributed by atoms with Gasteiger partial charge in [-0.2, -0.15) is 0 Å². The van der Waals surface area contributed by atoms with Crippen molar-refractivity contribution >= 4 is 24.0 Å². The van der Waals surface area contributed by atoms with Crippen molar-refractivity contribution in [3.63, 3.8) is 0 Å². The molecule has 0 aromatic heterocycles. The number of nitrogens with zero attached hydrogens (tertiary/aromatic N) is 1. The SMILES string of the molecule is CCC(C)N(CCCl)C(c1ccccc1)c1ccccc1.Cl. The minimum Gasteiger partial charge on any atom is -0.288 e. The molecular weight excluding hydrogens is 313 g/mol. The molecule has 1 atom stereocenters. The summed E-state index contributed by atoms with van der Waals surface area (Å²) in [7, 11) is 0. The predicted molar refractivity (Wildman–Crippen MR) is 99.2 cm³/mol. The zero-order valence-corrected chi connectivity index (χ0v) is 14.9. The number of halogens is 2. The first-order valence-corrected chi connectivity index (χ1v) is 8.23.